The highest BCUT2D eigenvalue weighted by atomic mass is 32.1. The molecule has 18 heavy (non-hydrogen) atoms. The summed E-state index contributed by atoms with van der Waals surface area (Å²) in [4.78, 5) is 17.0. The fourth-order valence-electron chi connectivity index (χ4n) is 1.99. The molecule has 1 aromatic carbocycles. The van der Waals surface area contributed by atoms with Gasteiger partial charge in [-0.25, -0.2) is 15.0 Å². The highest BCUT2D eigenvalue weighted by Gasteiger charge is 2.09. The first kappa shape index (κ1) is 9.73. The average molecular weight is 252 g/mol. The van der Waals surface area contributed by atoms with Crippen LogP contribution in [0.4, 0.5) is 0 Å². The Morgan fingerprint density at radius 3 is 3.00 bits per heavy atom. The van der Waals surface area contributed by atoms with Crippen molar-refractivity contribution in [2.45, 2.75) is 0 Å². The van der Waals surface area contributed by atoms with Gasteiger partial charge in [-0.15, -0.1) is 0 Å². The highest BCUT2D eigenvalue weighted by Crippen LogP contribution is 2.29. The van der Waals surface area contributed by atoms with E-state index in [0.717, 1.165) is 26.6 Å². The van der Waals surface area contributed by atoms with Gasteiger partial charge in [0.15, 0.2) is 0 Å². The summed E-state index contributed by atoms with van der Waals surface area (Å²) >= 11 is 1.57. The Bertz CT molecular complexity index is 708. The van der Waals surface area contributed by atoms with Crippen LogP contribution in [0.25, 0.3) is 32.0 Å². The van der Waals surface area contributed by atoms with Gasteiger partial charge in [-0.2, -0.15) is 0 Å². The van der Waals surface area contributed by atoms with Crippen LogP contribution in [-0.2, 0) is 0 Å². The van der Waals surface area contributed by atoms with E-state index in [1.54, 1.807) is 23.9 Å². The Morgan fingerprint density at radius 2 is 2.11 bits per heavy atom. The zero-order valence-electron chi connectivity index (χ0n) is 9.29. The van der Waals surface area contributed by atoms with Crippen molar-refractivity contribution >= 4 is 32.6 Å². The molecule has 3 heterocycles. The lowest BCUT2D eigenvalue weighted by Gasteiger charge is -1.87. The topological polar surface area (TPSA) is 54.5 Å². The van der Waals surface area contributed by atoms with Crippen molar-refractivity contribution in [3.8, 4) is 10.7 Å². The second-order valence-corrected chi connectivity index (χ2v) is 4.98. The van der Waals surface area contributed by atoms with Crippen LogP contribution >= 0.6 is 11.3 Å². The number of rotatable bonds is 1. The van der Waals surface area contributed by atoms with Gasteiger partial charge in [0.1, 0.15) is 21.7 Å². The molecule has 0 saturated heterocycles. The summed E-state index contributed by atoms with van der Waals surface area (Å²) in [6.45, 7) is 0. The largest absolute Gasteiger partial charge is 0.353 e. The molecule has 1 N–H and O–H groups in total. The normalized spacial score (nSPS) is 11.3. The first-order valence-electron chi connectivity index (χ1n) is 5.55. The second-order valence-electron chi connectivity index (χ2n) is 4.00. The van der Waals surface area contributed by atoms with Crippen LogP contribution in [0, 0.1) is 0 Å². The van der Waals surface area contributed by atoms with Crippen molar-refractivity contribution in [2.24, 2.45) is 0 Å². The van der Waals surface area contributed by atoms with E-state index in [1.807, 2.05) is 12.1 Å². The fraction of sp³-hybridized carbons (Fsp3) is 0. The molecule has 3 aromatic heterocycles. The average Bonchev–Trinajstić information content (AvgIpc) is 3.02. The van der Waals surface area contributed by atoms with E-state index in [2.05, 4.69) is 38.1 Å². The number of aromatic nitrogens is 4. The van der Waals surface area contributed by atoms with Crippen molar-refractivity contribution < 1.29 is 0 Å². The van der Waals surface area contributed by atoms with Gasteiger partial charge in [-0.1, -0.05) is 29.5 Å². The van der Waals surface area contributed by atoms with Gasteiger partial charge in [0.25, 0.3) is 0 Å². The summed E-state index contributed by atoms with van der Waals surface area (Å²) in [6.07, 6.45) is 3.29. The van der Waals surface area contributed by atoms with Crippen LogP contribution < -0.4 is 0 Å². The molecule has 0 aliphatic carbocycles. The third kappa shape index (κ3) is 1.41. The monoisotopic (exact) mass is 252 g/mol. The summed E-state index contributed by atoms with van der Waals surface area (Å²) < 4.78 is 0. The number of nitrogens with zero attached hydrogens (tertiary/aromatic N) is 3. The molecule has 4 nitrogen and oxygen atoms in total. The number of hydrogen-bond acceptors (Lipinski definition) is 4. The zero-order chi connectivity index (χ0) is 11.9. The van der Waals surface area contributed by atoms with Crippen molar-refractivity contribution in [1.29, 1.82) is 0 Å². The van der Waals surface area contributed by atoms with Crippen LogP contribution in [0.5, 0.6) is 0 Å². The van der Waals surface area contributed by atoms with E-state index in [-0.39, 0.29) is 0 Å². The number of para-hydroxylation sites is 1. The number of H-pyrrole nitrogens is 1. The number of fused-ring (bicyclic) bond motifs is 2. The van der Waals surface area contributed by atoms with E-state index < -0.39 is 0 Å². The SMILES string of the molecule is c1ccc2[nH]c(-c3nc4cncnc4s3)cc2c1. The second kappa shape index (κ2) is 3.61. The van der Waals surface area contributed by atoms with Crippen LogP contribution in [0.1, 0.15) is 0 Å². The number of aromatic amines is 1. The molecular weight excluding hydrogens is 244 g/mol. The van der Waals surface area contributed by atoms with E-state index in [9.17, 15) is 0 Å². The molecule has 0 unspecified atom stereocenters. The van der Waals surface area contributed by atoms with E-state index >= 15 is 0 Å². The highest BCUT2D eigenvalue weighted by molar-refractivity contribution is 7.21. The molecule has 0 saturated carbocycles. The van der Waals surface area contributed by atoms with Crippen molar-refractivity contribution in [1.82, 2.24) is 19.9 Å². The van der Waals surface area contributed by atoms with Crippen molar-refractivity contribution in [3.05, 3.63) is 42.9 Å². The molecule has 0 bridgehead atoms. The molecule has 4 aromatic rings. The smallest absolute Gasteiger partial charge is 0.147 e. The maximum Gasteiger partial charge on any atom is 0.147 e. The van der Waals surface area contributed by atoms with E-state index in [4.69, 9.17) is 0 Å². The Kier molecular flexibility index (Phi) is 1.95. The van der Waals surface area contributed by atoms with Crippen LogP contribution in [0.3, 0.4) is 0 Å². The quantitative estimate of drug-likeness (QED) is 0.566. The Morgan fingerprint density at radius 1 is 1.17 bits per heavy atom. The lowest BCUT2D eigenvalue weighted by atomic mass is 10.2. The molecule has 0 radical (unpaired) electrons. The summed E-state index contributed by atoms with van der Waals surface area (Å²) in [5.74, 6) is 0. The molecule has 0 amide bonds. The van der Waals surface area contributed by atoms with Gasteiger partial charge in [-0.3, -0.25) is 0 Å². The Labute approximate surface area is 106 Å². The third-order valence-corrected chi connectivity index (χ3v) is 3.85. The summed E-state index contributed by atoms with van der Waals surface area (Å²) in [7, 11) is 0. The zero-order valence-corrected chi connectivity index (χ0v) is 10.1. The predicted octanol–water partition coefficient (Wildman–Crippen LogP) is 3.23. The number of hydrogen-bond donors (Lipinski definition) is 1. The Hall–Kier alpha value is -2.27. The first-order chi connectivity index (χ1) is 8.90. The van der Waals surface area contributed by atoms with Gasteiger partial charge in [0, 0.05) is 10.9 Å². The standard InChI is InChI=1S/C13H8N4S/c1-2-4-9-8(3-1)5-10(16-9)13-17-11-6-14-7-15-12(11)18-13/h1-7,16H. The predicted molar refractivity (Wildman–Crippen MR) is 72.5 cm³/mol. The van der Waals surface area contributed by atoms with Crippen LogP contribution in [-0.4, -0.2) is 19.9 Å². The summed E-state index contributed by atoms with van der Waals surface area (Å²) in [5.41, 5.74) is 2.99. The Balaban J connectivity index is 1.95. The number of thiazole rings is 1. The molecule has 0 atom stereocenters. The fourth-order valence-corrected chi connectivity index (χ4v) is 2.84. The molecule has 0 aliphatic rings. The van der Waals surface area contributed by atoms with Crippen molar-refractivity contribution in [3.63, 3.8) is 0 Å². The maximum atomic E-state index is 4.54. The lowest BCUT2D eigenvalue weighted by molar-refractivity contribution is 1.22. The summed E-state index contributed by atoms with van der Waals surface area (Å²) in [5, 5.41) is 2.14. The van der Waals surface area contributed by atoms with Gasteiger partial charge >= 0.3 is 0 Å². The van der Waals surface area contributed by atoms with Gasteiger partial charge in [0.05, 0.1) is 11.9 Å². The molecule has 0 fully saturated rings. The van der Waals surface area contributed by atoms with E-state index in [1.165, 1.54) is 5.39 Å². The van der Waals surface area contributed by atoms with Gasteiger partial charge < -0.3 is 4.98 Å². The van der Waals surface area contributed by atoms with Crippen molar-refractivity contribution in [2.75, 3.05) is 0 Å². The molecule has 0 spiro atoms. The molecule has 4 rings (SSSR count). The minimum Gasteiger partial charge on any atom is -0.353 e. The minimum atomic E-state index is 0.844. The number of benzene rings is 1. The molecular formula is C13H8N4S. The first-order valence-corrected chi connectivity index (χ1v) is 6.36. The van der Waals surface area contributed by atoms with Crippen LogP contribution in [0.15, 0.2) is 42.9 Å². The molecule has 0 aliphatic heterocycles. The lowest BCUT2D eigenvalue weighted by Crippen LogP contribution is -1.76. The van der Waals surface area contributed by atoms with E-state index in [0.29, 0.717) is 0 Å². The molecule has 5 heteroatoms. The van der Waals surface area contributed by atoms with Gasteiger partial charge in [-0.05, 0) is 12.1 Å². The molecule has 86 valence electrons. The number of nitrogens with one attached hydrogen (secondary N) is 1. The van der Waals surface area contributed by atoms with Gasteiger partial charge in [0.2, 0.25) is 0 Å². The third-order valence-electron chi connectivity index (χ3n) is 2.83. The minimum absolute atomic E-state index is 0.844. The maximum absolute atomic E-state index is 4.54. The summed E-state index contributed by atoms with van der Waals surface area (Å²) in [6, 6.07) is 10.3. The van der Waals surface area contributed by atoms with Crippen LogP contribution in [0.2, 0.25) is 0 Å².